The number of rotatable bonds is 5. The summed E-state index contributed by atoms with van der Waals surface area (Å²) in [7, 11) is 0. The minimum atomic E-state index is -0.499. The van der Waals surface area contributed by atoms with Crippen molar-refractivity contribution in [2.75, 3.05) is 10.6 Å². The van der Waals surface area contributed by atoms with Gasteiger partial charge in [0.05, 0.1) is 0 Å². The molecule has 2 aromatic rings. The number of hydrogen-bond acceptors (Lipinski definition) is 3. The van der Waals surface area contributed by atoms with Crippen molar-refractivity contribution in [3.8, 4) is 0 Å². The van der Waals surface area contributed by atoms with Crippen LogP contribution in [0.15, 0.2) is 48.5 Å². The van der Waals surface area contributed by atoms with E-state index in [-0.39, 0.29) is 5.91 Å². The lowest BCUT2D eigenvalue weighted by Gasteiger charge is -2.16. The maximum Gasteiger partial charge on any atom is 0.248 e. The Morgan fingerprint density at radius 3 is 2.50 bits per heavy atom. The van der Waals surface area contributed by atoms with E-state index in [4.69, 9.17) is 5.73 Å². The van der Waals surface area contributed by atoms with Crippen LogP contribution in [-0.4, -0.2) is 17.9 Å². The zero-order valence-corrected chi connectivity index (χ0v) is 12.6. The van der Waals surface area contributed by atoms with E-state index in [1.165, 1.54) is 0 Å². The molecule has 0 aliphatic rings. The van der Waals surface area contributed by atoms with Crippen LogP contribution >= 0.6 is 0 Å². The number of nitrogens with one attached hydrogen (secondary N) is 2. The average molecular weight is 297 g/mol. The van der Waals surface area contributed by atoms with E-state index in [2.05, 4.69) is 10.6 Å². The molecule has 22 heavy (non-hydrogen) atoms. The molecule has 5 nitrogen and oxygen atoms in total. The third-order valence-corrected chi connectivity index (χ3v) is 3.33. The van der Waals surface area contributed by atoms with E-state index < -0.39 is 11.9 Å². The number of nitrogens with two attached hydrogens (primary N) is 1. The Morgan fingerprint density at radius 2 is 1.82 bits per heavy atom. The molecule has 5 heteroatoms. The lowest BCUT2D eigenvalue weighted by atomic mass is 10.1. The number of aryl methyl sites for hydroxylation is 1. The van der Waals surface area contributed by atoms with Gasteiger partial charge in [-0.3, -0.25) is 9.59 Å². The van der Waals surface area contributed by atoms with E-state index in [9.17, 15) is 9.59 Å². The summed E-state index contributed by atoms with van der Waals surface area (Å²) in [6, 6.07) is 13.9. The standard InChI is InChI=1S/C17H19N3O2/c1-11-6-3-4-9-15(11)20-17(22)12(2)19-14-8-5-7-13(10-14)16(18)21/h3-10,12,19H,1-2H3,(H2,18,21)(H,20,22). The molecule has 2 rings (SSSR count). The lowest BCUT2D eigenvalue weighted by Crippen LogP contribution is -2.32. The van der Waals surface area contributed by atoms with E-state index >= 15 is 0 Å². The van der Waals surface area contributed by atoms with Crippen LogP contribution in [0.3, 0.4) is 0 Å². The van der Waals surface area contributed by atoms with Gasteiger partial charge in [0, 0.05) is 16.9 Å². The van der Waals surface area contributed by atoms with Crippen LogP contribution in [0.1, 0.15) is 22.8 Å². The summed E-state index contributed by atoms with van der Waals surface area (Å²) in [6.07, 6.45) is 0. The molecule has 0 saturated carbocycles. The topological polar surface area (TPSA) is 84.2 Å². The first-order chi connectivity index (χ1) is 10.5. The number of carbonyl (C=O) groups excluding carboxylic acids is 2. The van der Waals surface area contributed by atoms with Crippen molar-refractivity contribution in [2.24, 2.45) is 5.73 Å². The molecule has 4 N–H and O–H groups in total. The van der Waals surface area contributed by atoms with Gasteiger partial charge < -0.3 is 16.4 Å². The highest BCUT2D eigenvalue weighted by Gasteiger charge is 2.14. The molecule has 0 heterocycles. The Bertz CT molecular complexity index is 698. The predicted molar refractivity (Wildman–Crippen MR) is 87.9 cm³/mol. The van der Waals surface area contributed by atoms with Gasteiger partial charge in [0.25, 0.3) is 0 Å². The van der Waals surface area contributed by atoms with E-state index in [1.54, 1.807) is 31.2 Å². The molecule has 0 fully saturated rings. The molecule has 2 amide bonds. The first-order valence-electron chi connectivity index (χ1n) is 7.00. The largest absolute Gasteiger partial charge is 0.374 e. The number of benzene rings is 2. The fourth-order valence-corrected chi connectivity index (χ4v) is 2.03. The third-order valence-electron chi connectivity index (χ3n) is 3.33. The fraction of sp³-hybridized carbons (Fsp3) is 0.176. The van der Waals surface area contributed by atoms with Gasteiger partial charge in [-0.05, 0) is 43.7 Å². The number of para-hydroxylation sites is 1. The number of primary amides is 1. The highest BCUT2D eigenvalue weighted by molar-refractivity contribution is 5.97. The molecular weight excluding hydrogens is 278 g/mol. The number of carbonyl (C=O) groups is 2. The number of anilines is 2. The second kappa shape index (κ2) is 6.76. The van der Waals surface area contributed by atoms with Crippen LogP contribution in [0.25, 0.3) is 0 Å². The Kier molecular flexibility index (Phi) is 4.78. The predicted octanol–water partition coefficient (Wildman–Crippen LogP) is 2.53. The second-order valence-corrected chi connectivity index (χ2v) is 5.12. The highest BCUT2D eigenvalue weighted by Crippen LogP contribution is 2.15. The second-order valence-electron chi connectivity index (χ2n) is 5.12. The van der Waals surface area contributed by atoms with Gasteiger partial charge in [-0.25, -0.2) is 0 Å². The van der Waals surface area contributed by atoms with Crippen molar-refractivity contribution < 1.29 is 9.59 Å². The van der Waals surface area contributed by atoms with Crippen molar-refractivity contribution in [2.45, 2.75) is 19.9 Å². The minimum Gasteiger partial charge on any atom is -0.374 e. The summed E-state index contributed by atoms with van der Waals surface area (Å²) in [5.41, 5.74) is 8.10. The SMILES string of the molecule is Cc1ccccc1NC(=O)C(C)Nc1cccc(C(N)=O)c1. The first-order valence-corrected chi connectivity index (χ1v) is 7.00. The number of amides is 2. The first kappa shape index (κ1) is 15.6. The lowest BCUT2D eigenvalue weighted by molar-refractivity contribution is -0.116. The van der Waals surface area contributed by atoms with Crippen LogP contribution < -0.4 is 16.4 Å². The highest BCUT2D eigenvalue weighted by atomic mass is 16.2. The monoisotopic (exact) mass is 297 g/mol. The van der Waals surface area contributed by atoms with Gasteiger partial charge in [0.1, 0.15) is 6.04 Å². The van der Waals surface area contributed by atoms with Crippen molar-refractivity contribution in [1.29, 1.82) is 0 Å². The summed E-state index contributed by atoms with van der Waals surface area (Å²) in [5.74, 6) is -0.653. The molecule has 1 unspecified atom stereocenters. The van der Waals surface area contributed by atoms with E-state index in [0.717, 1.165) is 11.3 Å². The Labute approximate surface area is 129 Å². The Balaban J connectivity index is 2.04. The van der Waals surface area contributed by atoms with Gasteiger partial charge in [-0.1, -0.05) is 24.3 Å². The van der Waals surface area contributed by atoms with Crippen molar-refractivity contribution in [1.82, 2.24) is 0 Å². The molecule has 0 aromatic heterocycles. The zero-order valence-electron chi connectivity index (χ0n) is 12.6. The van der Waals surface area contributed by atoms with Gasteiger partial charge in [0.15, 0.2) is 0 Å². The van der Waals surface area contributed by atoms with Crippen LogP contribution in [0.4, 0.5) is 11.4 Å². The van der Waals surface area contributed by atoms with Crippen LogP contribution in [0.5, 0.6) is 0 Å². The molecule has 0 aliphatic carbocycles. The fourth-order valence-electron chi connectivity index (χ4n) is 2.03. The molecular formula is C17H19N3O2. The molecule has 0 saturated heterocycles. The van der Waals surface area contributed by atoms with E-state index in [0.29, 0.717) is 11.3 Å². The summed E-state index contributed by atoms with van der Waals surface area (Å²) >= 11 is 0. The van der Waals surface area contributed by atoms with Gasteiger partial charge in [-0.15, -0.1) is 0 Å². The molecule has 0 bridgehead atoms. The summed E-state index contributed by atoms with van der Waals surface area (Å²) in [5, 5.41) is 5.93. The Hall–Kier alpha value is -2.82. The zero-order chi connectivity index (χ0) is 16.1. The average Bonchev–Trinajstić information content (AvgIpc) is 2.49. The molecule has 0 radical (unpaired) electrons. The summed E-state index contributed by atoms with van der Waals surface area (Å²) in [6.45, 7) is 3.69. The van der Waals surface area contributed by atoms with Crippen molar-refractivity contribution in [3.63, 3.8) is 0 Å². The van der Waals surface area contributed by atoms with Crippen molar-refractivity contribution in [3.05, 3.63) is 59.7 Å². The van der Waals surface area contributed by atoms with Gasteiger partial charge in [-0.2, -0.15) is 0 Å². The van der Waals surface area contributed by atoms with Gasteiger partial charge in [0.2, 0.25) is 11.8 Å². The quantitative estimate of drug-likeness (QED) is 0.793. The molecule has 1 atom stereocenters. The molecule has 114 valence electrons. The number of hydrogen-bond donors (Lipinski definition) is 3. The smallest absolute Gasteiger partial charge is 0.248 e. The normalized spacial score (nSPS) is 11.5. The maximum atomic E-state index is 12.2. The van der Waals surface area contributed by atoms with E-state index in [1.807, 2.05) is 31.2 Å². The molecule has 0 aliphatic heterocycles. The maximum absolute atomic E-state index is 12.2. The minimum absolute atomic E-state index is 0.154. The summed E-state index contributed by atoms with van der Waals surface area (Å²) in [4.78, 5) is 23.4. The van der Waals surface area contributed by atoms with Gasteiger partial charge >= 0.3 is 0 Å². The molecule has 2 aromatic carbocycles. The Morgan fingerprint density at radius 1 is 1.09 bits per heavy atom. The third kappa shape index (κ3) is 3.85. The van der Waals surface area contributed by atoms with Crippen LogP contribution in [-0.2, 0) is 4.79 Å². The van der Waals surface area contributed by atoms with Crippen LogP contribution in [0, 0.1) is 6.92 Å². The molecule has 0 spiro atoms. The summed E-state index contributed by atoms with van der Waals surface area (Å²) < 4.78 is 0. The van der Waals surface area contributed by atoms with Crippen LogP contribution in [0.2, 0.25) is 0 Å². The van der Waals surface area contributed by atoms with Crippen molar-refractivity contribution >= 4 is 23.2 Å².